The van der Waals surface area contributed by atoms with Gasteiger partial charge in [-0.1, -0.05) is 25.3 Å². The van der Waals surface area contributed by atoms with Crippen molar-refractivity contribution in [2.75, 3.05) is 10.6 Å². The van der Waals surface area contributed by atoms with Crippen LogP contribution in [0.5, 0.6) is 0 Å². The van der Waals surface area contributed by atoms with E-state index < -0.39 is 11.5 Å². The van der Waals surface area contributed by atoms with Crippen molar-refractivity contribution in [1.29, 1.82) is 5.26 Å². The van der Waals surface area contributed by atoms with Crippen molar-refractivity contribution in [1.82, 2.24) is 9.78 Å². The summed E-state index contributed by atoms with van der Waals surface area (Å²) in [6, 6.07) is 10.5. The molecule has 140 valence electrons. The minimum Gasteiger partial charge on any atom is -0.325 e. The smallest absolute Gasteiger partial charge is 0.248 e. The fourth-order valence-corrected chi connectivity index (χ4v) is 3.35. The van der Waals surface area contributed by atoms with Crippen LogP contribution in [0, 0.1) is 16.7 Å². The molecule has 2 N–H and O–H groups in total. The van der Waals surface area contributed by atoms with Gasteiger partial charge in [-0.15, -0.1) is 0 Å². The first kappa shape index (κ1) is 18.6. The van der Waals surface area contributed by atoms with Gasteiger partial charge in [0.05, 0.1) is 6.07 Å². The fraction of sp³-hybridized carbons (Fsp3) is 0.400. The van der Waals surface area contributed by atoms with E-state index in [2.05, 4.69) is 21.8 Å². The second kappa shape index (κ2) is 8.04. The molecule has 1 aliphatic carbocycles. The Morgan fingerprint density at radius 2 is 1.89 bits per heavy atom. The summed E-state index contributed by atoms with van der Waals surface area (Å²) in [6.45, 7) is 1.76. The predicted octanol–water partition coefficient (Wildman–Crippen LogP) is 3.50. The van der Waals surface area contributed by atoms with Crippen LogP contribution < -0.4 is 10.6 Å². The number of rotatable bonds is 5. The number of anilines is 2. The van der Waals surface area contributed by atoms with Crippen molar-refractivity contribution in [3.05, 3.63) is 42.7 Å². The highest BCUT2D eigenvalue weighted by atomic mass is 16.2. The molecule has 7 nitrogen and oxygen atoms in total. The van der Waals surface area contributed by atoms with Crippen LogP contribution in [0.2, 0.25) is 0 Å². The Kier molecular flexibility index (Phi) is 5.55. The van der Waals surface area contributed by atoms with E-state index in [1.165, 1.54) is 0 Å². The van der Waals surface area contributed by atoms with Crippen molar-refractivity contribution < 1.29 is 9.59 Å². The Morgan fingerprint density at radius 1 is 1.19 bits per heavy atom. The van der Waals surface area contributed by atoms with Crippen molar-refractivity contribution in [3.8, 4) is 6.07 Å². The highest BCUT2D eigenvalue weighted by Gasteiger charge is 2.39. The summed E-state index contributed by atoms with van der Waals surface area (Å²) in [5.41, 5.74) is 0.183. The first-order valence-electron chi connectivity index (χ1n) is 9.17. The van der Waals surface area contributed by atoms with Gasteiger partial charge in [0.2, 0.25) is 11.8 Å². The van der Waals surface area contributed by atoms with Crippen molar-refractivity contribution in [3.63, 3.8) is 0 Å². The number of nitriles is 1. The molecule has 1 aromatic carbocycles. The van der Waals surface area contributed by atoms with E-state index in [1.54, 1.807) is 54.3 Å². The minimum atomic E-state index is -0.952. The number of nitrogens with one attached hydrogen (secondary N) is 2. The summed E-state index contributed by atoms with van der Waals surface area (Å²) >= 11 is 0. The van der Waals surface area contributed by atoms with Gasteiger partial charge in [0.15, 0.2) is 0 Å². The van der Waals surface area contributed by atoms with Crippen molar-refractivity contribution >= 4 is 23.2 Å². The second-order valence-corrected chi connectivity index (χ2v) is 6.94. The summed E-state index contributed by atoms with van der Waals surface area (Å²) in [5, 5.41) is 19.3. The molecule has 1 heterocycles. The van der Waals surface area contributed by atoms with Gasteiger partial charge in [-0.3, -0.25) is 14.3 Å². The van der Waals surface area contributed by atoms with Gasteiger partial charge in [0.25, 0.3) is 0 Å². The molecular weight excluding hydrogens is 342 g/mol. The Morgan fingerprint density at radius 3 is 2.52 bits per heavy atom. The van der Waals surface area contributed by atoms with E-state index in [1.807, 2.05) is 0 Å². The zero-order chi connectivity index (χ0) is 19.3. The normalized spacial score (nSPS) is 16.7. The number of benzene rings is 1. The van der Waals surface area contributed by atoms with E-state index in [-0.39, 0.29) is 11.8 Å². The molecule has 3 rings (SSSR count). The summed E-state index contributed by atoms with van der Waals surface area (Å²) < 4.78 is 1.57. The van der Waals surface area contributed by atoms with E-state index in [4.69, 9.17) is 0 Å². The lowest BCUT2D eigenvalue weighted by atomic mass is 9.74. The maximum absolute atomic E-state index is 12.7. The average Bonchev–Trinajstić information content (AvgIpc) is 3.23. The molecular formula is C20H23N5O2. The van der Waals surface area contributed by atoms with Gasteiger partial charge in [0.1, 0.15) is 11.5 Å². The number of hydrogen-bond acceptors (Lipinski definition) is 4. The molecule has 7 heteroatoms. The molecule has 0 spiro atoms. The van der Waals surface area contributed by atoms with Crippen LogP contribution >= 0.6 is 0 Å². The van der Waals surface area contributed by atoms with E-state index >= 15 is 0 Å². The quantitative estimate of drug-likeness (QED) is 0.847. The molecule has 0 saturated heterocycles. The molecule has 1 aromatic heterocycles. The largest absolute Gasteiger partial charge is 0.325 e. The molecule has 1 fully saturated rings. The topological polar surface area (TPSA) is 99.8 Å². The third-order valence-corrected chi connectivity index (χ3v) is 5.04. The Bertz CT molecular complexity index is 848. The van der Waals surface area contributed by atoms with Gasteiger partial charge < -0.3 is 10.6 Å². The number of amides is 2. The van der Waals surface area contributed by atoms with Crippen LogP contribution in [0.15, 0.2) is 42.7 Å². The Balaban J connectivity index is 1.67. The number of nitrogens with zero attached hydrogens (tertiary/aromatic N) is 3. The van der Waals surface area contributed by atoms with Crippen LogP contribution in [0.3, 0.4) is 0 Å². The monoisotopic (exact) mass is 365 g/mol. The summed E-state index contributed by atoms with van der Waals surface area (Å²) in [6.07, 6.45) is 7.38. The molecule has 1 aliphatic rings. The molecule has 0 aliphatic heterocycles. The summed E-state index contributed by atoms with van der Waals surface area (Å²) in [4.78, 5) is 25.1. The van der Waals surface area contributed by atoms with Crippen LogP contribution in [0.25, 0.3) is 0 Å². The van der Waals surface area contributed by atoms with Crippen LogP contribution in [-0.4, -0.2) is 21.6 Å². The minimum absolute atomic E-state index is 0.206. The zero-order valence-electron chi connectivity index (χ0n) is 15.3. The number of hydrogen-bond donors (Lipinski definition) is 2. The first-order chi connectivity index (χ1) is 13.0. The van der Waals surface area contributed by atoms with E-state index in [0.29, 0.717) is 24.2 Å². The molecule has 0 radical (unpaired) electrons. The summed E-state index contributed by atoms with van der Waals surface area (Å²) in [7, 11) is 0. The molecule has 2 amide bonds. The summed E-state index contributed by atoms with van der Waals surface area (Å²) in [5.74, 6) is -0.471. The van der Waals surface area contributed by atoms with Gasteiger partial charge in [-0.2, -0.15) is 10.4 Å². The van der Waals surface area contributed by atoms with Crippen LogP contribution in [0.1, 0.15) is 45.1 Å². The third kappa shape index (κ3) is 4.17. The highest BCUT2D eigenvalue weighted by Crippen LogP contribution is 2.36. The van der Waals surface area contributed by atoms with Crippen molar-refractivity contribution in [2.45, 2.75) is 45.1 Å². The predicted molar refractivity (Wildman–Crippen MR) is 102 cm³/mol. The fourth-order valence-electron chi connectivity index (χ4n) is 3.35. The Labute approximate surface area is 158 Å². The number of aromatic nitrogens is 2. The van der Waals surface area contributed by atoms with Crippen LogP contribution in [-0.2, 0) is 9.59 Å². The lowest BCUT2D eigenvalue weighted by molar-refractivity contribution is -0.124. The standard InChI is InChI=1S/C20H23N5O2/c1-15(25-12-6-11-22-25)18(26)23-16-7-5-8-17(13-16)24-19(27)20(14-21)9-3-2-4-10-20/h5-8,11-13,15H,2-4,9-10H2,1H3,(H,23,26)(H,24,27)/t15-/m1/s1. The lowest BCUT2D eigenvalue weighted by Gasteiger charge is -2.29. The Hall–Kier alpha value is -3.14. The zero-order valence-corrected chi connectivity index (χ0v) is 15.3. The van der Waals surface area contributed by atoms with Gasteiger partial charge in [0, 0.05) is 23.8 Å². The molecule has 27 heavy (non-hydrogen) atoms. The molecule has 0 bridgehead atoms. The number of carbonyl (C=O) groups is 2. The SMILES string of the molecule is C[C@H](C(=O)Nc1cccc(NC(=O)C2(C#N)CCCCC2)c1)n1cccn1. The van der Waals surface area contributed by atoms with E-state index in [9.17, 15) is 14.9 Å². The maximum Gasteiger partial charge on any atom is 0.248 e. The number of carbonyl (C=O) groups excluding carboxylic acids is 2. The first-order valence-corrected chi connectivity index (χ1v) is 9.17. The third-order valence-electron chi connectivity index (χ3n) is 5.04. The molecule has 1 saturated carbocycles. The molecule has 0 unspecified atom stereocenters. The van der Waals surface area contributed by atoms with Crippen molar-refractivity contribution in [2.24, 2.45) is 5.41 Å². The average molecular weight is 365 g/mol. The highest BCUT2D eigenvalue weighted by molar-refractivity contribution is 5.98. The van der Waals surface area contributed by atoms with Gasteiger partial charge >= 0.3 is 0 Å². The molecule has 1 atom stereocenters. The van der Waals surface area contributed by atoms with Gasteiger partial charge in [-0.25, -0.2) is 0 Å². The van der Waals surface area contributed by atoms with Crippen LogP contribution in [0.4, 0.5) is 11.4 Å². The van der Waals surface area contributed by atoms with E-state index in [0.717, 1.165) is 19.3 Å². The maximum atomic E-state index is 12.7. The second-order valence-electron chi connectivity index (χ2n) is 6.94. The van der Waals surface area contributed by atoms with Gasteiger partial charge in [-0.05, 0) is 44.0 Å². The lowest BCUT2D eigenvalue weighted by Crippen LogP contribution is -2.36. The molecule has 2 aromatic rings.